The Morgan fingerprint density at radius 3 is 2.83 bits per heavy atom. The van der Waals surface area contributed by atoms with Crippen LogP contribution in [-0.4, -0.2) is 21.9 Å². The molecule has 1 amide bonds. The van der Waals surface area contributed by atoms with E-state index in [0.717, 1.165) is 29.6 Å². The number of rotatable bonds is 4. The monoisotopic (exact) mass is 321 g/mol. The van der Waals surface area contributed by atoms with Crippen LogP contribution in [0.3, 0.4) is 0 Å². The first-order valence-electron chi connectivity index (χ1n) is 8.94. The molecule has 124 valence electrons. The Morgan fingerprint density at radius 1 is 1.12 bits per heavy atom. The molecule has 4 nitrogen and oxygen atoms in total. The third-order valence-electron chi connectivity index (χ3n) is 5.03. The number of aryl methyl sites for hydroxylation is 1. The van der Waals surface area contributed by atoms with E-state index in [9.17, 15) is 4.79 Å². The van der Waals surface area contributed by atoms with Crippen LogP contribution in [0, 0.1) is 0 Å². The number of hydrogen-bond donors (Lipinski definition) is 2. The topological polar surface area (TPSA) is 57.8 Å². The molecule has 1 aromatic carbocycles. The summed E-state index contributed by atoms with van der Waals surface area (Å²) < 4.78 is 0. The Morgan fingerprint density at radius 2 is 1.96 bits per heavy atom. The van der Waals surface area contributed by atoms with E-state index in [-0.39, 0.29) is 5.91 Å². The molecule has 0 spiro atoms. The summed E-state index contributed by atoms with van der Waals surface area (Å²) in [6, 6.07) is 10.8. The molecule has 2 N–H and O–H groups in total. The summed E-state index contributed by atoms with van der Waals surface area (Å²) in [6.07, 6.45) is 9.13. The number of carbonyl (C=O) groups excluding carboxylic acids is 1. The summed E-state index contributed by atoms with van der Waals surface area (Å²) in [5.74, 6) is 0.155. The predicted octanol–water partition coefficient (Wildman–Crippen LogP) is 4.10. The number of nitrogens with zero attached hydrogens (tertiary/aromatic N) is 1. The summed E-state index contributed by atoms with van der Waals surface area (Å²) >= 11 is 0. The normalized spacial score (nSPS) is 15.8. The first-order chi connectivity index (χ1) is 11.8. The van der Waals surface area contributed by atoms with Gasteiger partial charge in [0.1, 0.15) is 0 Å². The van der Waals surface area contributed by atoms with Crippen LogP contribution in [0.5, 0.6) is 0 Å². The Hall–Kier alpha value is -2.36. The molecule has 0 bridgehead atoms. The van der Waals surface area contributed by atoms with Gasteiger partial charge in [0.2, 0.25) is 5.91 Å². The lowest BCUT2D eigenvalue weighted by molar-refractivity contribution is -0.122. The summed E-state index contributed by atoms with van der Waals surface area (Å²) in [5, 5.41) is 5.57. The Balaban J connectivity index is 1.44. The van der Waals surface area contributed by atoms with Gasteiger partial charge in [0.05, 0.1) is 11.7 Å². The van der Waals surface area contributed by atoms with Crippen molar-refractivity contribution in [1.29, 1.82) is 0 Å². The van der Waals surface area contributed by atoms with Gasteiger partial charge >= 0.3 is 0 Å². The molecular formula is C20H23N3O. The maximum atomic E-state index is 12.2. The van der Waals surface area contributed by atoms with Crippen LogP contribution in [0.1, 0.15) is 44.2 Å². The predicted molar refractivity (Wildman–Crippen MR) is 96.9 cm³/mol. The molecular weight excluding hydrogens is 298 g/mol. The second-order valence-corrected chi connectivity index (χ2v) is 6.79. The van der Waals surface area contributed by atoms with Crippen LogP contribution in [0.15, 0.2) is 36.5 Å². The summed E-state index contributed by atoms with van der Waals surface area (Å²) in [4.78, 5) is 20.1. The van der Waals surface area contributed by atoms with E-state index in [1.165, 1.54) is 30.0 Å². The van der Waals surface area contributed by atoms with E-state index < -0.39 is 0 Å². The standard InChI is InChI=1S/C20H23N3O/c24-20(22-14-6-2-1-3-7-14)11-10-15-12-17-16-8-4-5-9-18(16)23-19(17)13-21-15/h4-5,8-9,12-14,23H,1-3,6-7,10-11H2,(H,22,24). The number of amides is 1. The van der Waals surface area contributed by atoms with E-state index in [0.29, 0.717) is 18.9 Å². The third kappa shape index (κ3) is 3.14. The second-order valence-electron chi connectivity index (χ2n) is 6.79. The van der Waals surface area contributed by atoms with E-state index in [1.54, 1.807) is 0 Å². The van der Waals surface area contributed by atoms with E-state index in [1.807, 2.05) is 18.3 Å². The van der Waals surface area contributed by atoms with Gasteiger partial charge in [-0.3, -0.25) is 9.78 Å². The zero-order valence-corrected chi connectivity index (χ0v) is 13.8. The lowest BCUT2D eigenvalue weighted by Gasteiger charge is -2.22. The molecule has 1 fully saturated rings. The average molecular weight is 321 g/mol. The molecule has 0 atom stereocenters. The number of benzene rings is 1. The zero-order valence-electron chi connectivity index (χ0n) is 13.8. The highest BCUT2D eigenvalue weighted by atomic mass is 16.1. The fourth-order valence-electron chi connectivity index (χ4n) is 3.72. The fraction of sp³-hybridized carbons (Fsp3) is 0.400. The number of fused-ring (bicyclic) bond motifs is 3. The van der Waals surface area contributed by atoms with Gasteiger partial charge in [-0.1, -0.05) is 37.5 Å². The molecule has 0 saturated heterocycles. The summed E-state index contributed by atoms with van der Waals surface area (Å²) in [7, 11) is 0. The van der Waals surface area contributed by atoms with Crippen molar-refractivity contribution in [2.75, 3.05) is 0 Å². The average Bonchev–Trinajstić information content (AvgIpc) is 2.99. The van der Waals surface area contributed by atoms with Crippen molar-refractivity contribution in [2.24, 2.45) is 0 Å². The van der Waals surface area contributed by atoms with Crippen LogP contribution >= 0.6 is 0 Å². The van der Waals surface area contributed by atoms with Crippen LogP contribution in [0.2, 0.25) is 0 Å². The van der Waals surface area contributed by atoms with Crippen molar-refractivity contribution in [2.45, 2.75) is 51.0 Å². The minimum absolute atomic E-state index is 0.155. The van der Waals surface area contributed by atoms with E-state index >= 15 is 0 Å². The SMILES string of the molecule is O=C(CCc1cc2c(cn1)[nH]c1ccccc12)NC1CCCCC1. The van der Waals surface area contributed by atoms with Crippen molar-refractivity contribution in [3.05, 3.63) is 42.2 Å². The molecule has 1 aliphatic rings. The van der Waals surface area contributed by atoms with Gasteiger partial charge in [0.25, 0.3) is 0 Å². The molecule has 1 aliphatic carbocycles. The Labute approximate surface area is 141 Å². The Bertz CT molecular complexity index is 862. The summed E-state index contributed by atoms with van der Waals surface area (Å²) in [5.41, 5.74) is 3.15. The molecule has 2 heterocycles. The molecule has 3 aromatic rings. The quantitative estimate of drug-likeness (QED) is 0.760. The Kier molecular flexibility index (Phi) is 4.20. The number of H-pyrrole nitrogens is 1. The molecule has 1 saturated carbocycles. The number of hydrogen-bond acceptors (Lipinski definition) is 2. The number of aromatic nitrogens is 2. The van der Waals surface area contributed by atoms with Crippen LogP contribution < -0.4 is 5.32 Å². The van der Waals surface area contributed by atoms with E-state index in [2.05, 4.69) is 33.5 Å². The first-order valence-corrected chi connectivity index (χ1v) is 8.94. The molecule has 2 aromatic heterocycles. The molecule has 24 heavy (non-hydrogen) atoms. The highest BCUT2D eigenvalue weighted by Crippen LogP contribution is 2.25. The summed E-state index contributed by atoms with van der Waals surface area (Å²) in [6.45, 7) is 0. The molecule has 0 unspecified atom stereocenters. The number of para-hydroxylation sites is 1. The van der Waals surface area contributed by atoms with Crippen LogP contribution in [0.25, 0.3) is 21.8 Å². The van der Waals surface area contributed by atoms with Crippen LogP contribution in [0.4, 0.5) is 0 Å². The number of carbonyl (C=O) groups is 1. The van der Waals surface area contributed by atoms with Gasteiger partial charge in [-0.2, -0.15) is 0 Å². The van der Waals surface area contributed by atoms with Crippen molar-refractivity contribution in [3.8, 4) is 0 Å². The van der Waals surface area contributed by atoms with Gasteiger partial charge in [0.15, 0.2) is 0 Å². The van der Waals surface area contributed by atoms with Gasteiger partial charge in [0, 0.05) is 34.4 Å². The maximum Gasteiger partial charge on any atom is 0.220 e. The van der Waals surface area contributed by atoms with Gasteiger partial charge in [-0.25, -0.2) is 0 Å². The number of nitrogens with one attached hydrogen (secondary N) is 2. The smallest absolute Gasteiger partial charge is 0.220 e. The molecule has 4 heteroatoms. The van der Waals surface area contributed by atoms with Crippen molar-refractivity contribution in [1.82, 2.24) is 15.3 Å². The van der Waals surface area contributed by atoms with Crippen LogP contribution in [-0.2, 0) is 11.2 Å². The second kappa shape index (κ2) is 6.63. The minimum atomic E-state index is 0.155. The third-order valence-corrected chi connectivity index (χ3v) is 5.03. The number of pyridine rings is 1. The number of aromatic amines is 1. The van der Waals surface area contributed by atoms with Gasteiger partial charge in [-0.15, -0.1) is 0 Å². The maximum absolute atomic E-state index is 12.2. The highest BCUT2D eigenvalue weighted by molar-refractivity contribution is 6.06. The first kappa shape index (κ1) is 15.2. The lowest BCUT2D eigenvalue weighted by Crippen LogP contribution is -2.36. The van der Waals surface area contributed by atoms with Crippen molar-refractivity contribution < 1.29 is 4.79 Å². The highest BCUT2D eigenvalue weighted by Gasteiger charge is 2.15. The van der Waals surface area contributed by atoms with E-state index in [4.69, 9.17) is 0 Å². The largest absolute Gasteiger partial charge is 0.353 e. The minimum Gasteiger partial charge on any atom is -0.353 e. The van der Waals surface area contributed by atoms with Gasteiger partial charge < -0.3 is 10.3 Å². The fourth-order valence-corrected chi connectivity index (χ4v) is 3.72. The van der Waals surface area contributed by atoms with Crippen molar-refractivity contribution in [3.63, 3.8) is 0 Å². The molecule has 0 radical (unpaired) electrons. The molecule has 0 aliphatic heterocycles. The van der Waals surface area contributed by atoms with Crippen molar-refractivity contribution >= 4 is 27.7 Å². The lowest BCUT2D eigenvalue weighted by atomic mass is 9.95. The zero-order chi connectivity index (χ0) is 16.4. The van der Waals surface area contributed by atoms with Gasteiger partial charge in [-0.05, 0) is 31.4 Å². The molecule has 4 rings (SSSR count).